The minimum atomic E-state index is -1.21. The molecule has 3 heteroatoms. The topological polar surface area (TPSA) is 29.5 Å². The van der Waals surface area contributed by atoms with Crippen LogP contribution in [-0.2, 0) is 6.42 Å². The zero-order valence-electron chi connectivity index (χ0n) is 8.40. The Hall–Kier alpha value is -1.09. The van der Waals surface area contributed by atoms with E-state index < -0.39 is 12.3 Å². The molecule has 0 fully saturated rings. The van der Waals surface area contributed by atoms with Crippen LogP contribution in [0.2, 0.25) is 0 Å². The van der Waals surface area contributed by atoms with Gasteiger partial charge in [0.15, 0.2) is 0 Å². The molecule has 1 aromatic carbocycles. The molecular weight excluding hydrogens is 183 g/mol. The fraction of sp³-hybridized carbons (Fsp3) is 0.455. The van der Waals surface area contributed by atoms with Gasteiger partial charge in [-0.2, -0.15) is 0 Å². The number of aliphatic hydroxyl groups excluding tert-OH is 1. The lowest BCUT2D eigenvalue weighted by Gasteiger charge is -2.11. The van der Waals surface area contributed by atoms with Crippen LogP contribution >= 0.6 is 0 Å². The highest BCUT2D eigenvalue weighted by molar-refractivity contribution is 5.27. The Labute approximate surface area is 83.3 Å². The highest BCUT2D eigenvalue weighted by Crippen LogP contribution is 2.14. The van der Waals surface area contributed by atoms with Crippen molar-refractivity contribution >= 4 is 0 Å². The third-order valence-corrected chi connectivity index (χ3v) is 2.11. The summed E-state index contributed by atoms with van der Waals surface area (Å²) in [4.78, 5) is 0. The summed E-state index contributed by atoms with van der Waals surface area (Å²) in [6.45, 7) is 1.45. The second-order valence-corrected chi connectivity index (χ2v) is 3.31. The first-order valence-electron chi connectivity index (χ1n) is 4.58. The molecule has 1 aromatic rings. The van der Waals surface area contributed by atoms with Gasteiger partial charge in [-0.25, -0.2) is 4.39 Å². The van der Waals surface area contributed by atoms with E-state index in [4.69, 9.17) is 9.84 Å². The summed E-state index contributed by atoms with van der Waals surface area (Å²) in [5.74, 6) is 0.751. The molecule has 0 radical (unpaired) electrons. The summed E-state index contributed by atoms with van der Waals surface area (Å²) >= 11 is 0. The van der Waals surface area contributed by atoms with Crippen molar-refractivity contribution < 1.29 is 14.2 Å². The molecule has 78 valence electrons. The van der Waals surface area contributed by atoms with E-state index in [1.807, 2.05) is 0 Å². The number of benzene rings is 1. The van der Waals surface area contributed by atoms with Gasteiger partial charge in [0.05, 0.1) is 13.2 Å². The fourth-order valence-electron chi connectivity index (χ4n) is 1.16. The van der Waals surface area contributed by atoms with E-state index in [0.29, 0.717) is 0 Å². The maximum atomic E-state index is 13.1. The summed E-state index contributed by atoms with van der Waals surface area (Å²) in [6, 6.07) is 7.16. The van der Waals surface area contributed by atoms with Crippen LogP contribution in [0.15, 0.2) is 24.3 Å². The fourth-order valence-corrected chi connectivity index (χ4v) is 1.16. The number of hydrogen-bond acceptors (Lipinski definition) is 2. The molecule has 2 nitrogen and oxygen atoms in total. The molecule has 1 N–H and O–H groups in total. The number of aliphatic hydroxyl groups is 1. The molecule has 0 saturated heterocycles. The first kappa shape index (κ1) is 11.0. The molecule has 14 heavy (non-hydrogen) atoms. The Bertz CT molecular complexity index is 269. The van der Waals surface area contributed by atoms with Crippen LogP contribution in [0.25, 0.3) is 0 Å². The van der Waals surface area contributed by atoms with E-state index in [2.05, 4.69) is 0 Å². The van der Waals surface area contributed by atoms with Crippen molar-refractivity contribution in [3.05, 3.63) is 29.8 Å². The third-order valence-electron chi connectivity index (χ3n) is 2.11. The summed E-state index contributed by atoms with van der Waals surface area (Å²) in [5.41, 5.74) is 0.860. The van der Waals surface area contributed by atoms with Gasteiger partial charge in [0, 0.05) is 6.42 Å². The van der Waals surface area contributed by atoms with E-state index in [1.54, 1.807) is 31.4 Å². The van der Waals surface area contributed by atoms with Gasteiger partial charge in [0.2, 0.25) is 0 Å². The van der Waals surface area contributed by atoms with Crippen LogP contribution in [0.1, 0.15) is 12.5 Å². The molecule has 0 heterocycles. The van der Waals surface area contributed by atoms with Crippen molar-refractivity contribution in [2.45, 2.75) is 25.6 Å². The Morgan fingerprint density at radius 1 is 1.36 bits per heavy atom. The second kappa shape index (κ2) is 4.96. The molecule has 0 saturated carbocycles. The standard InChI is InChI=1S/C11H15FO2/c1-8(13)11(12)7-9-3-5-10(14-2)6-4-9/h3-6,8,11,13H,7H2,1-2H3. The second-order valence-electron chi connectivity index (χ2n) is 3.31. The number of rotatable bonds is 4. The van der Waals surface area contributed by atoms with Crippen LogP contribution in [0.3, 0.4) is 0 Å². The van der Waals surface area contributed by atoms with Crippen molar-refractivity contribution in [3.8, 4) is 5.75 Å². The maximum Gasteiger partial charge on any atom is 0.130 e. The average Bonchev–Trinajstić information content (AvgIpc) is 2.19. The zero-order chi connectivity index (χ0) is 10.6. The molecule has 0 aromatic heterocycles. The predicted octanol–water partition coefficient (Wildman–Crippen LogP) is 1.96. The van der Waals surface area contributed by atoms with Crippen molar-refractivity contribution in [2.75, 3.05) is 7.11 Å². The summed E-state index contributed by atoms with van der Waals surface area (Å²) in [7, 11) is 1.59. The SMILES string of the molecule is COc1ccc(CC(F)C(C)O)cc1. The van der Waals surface area contributed by atoms with Gasteiger partial charge in [-0.15, -0.1) is 0 Å². The maximum absolute atomic E-state index is 13.1. The molecule has 1 rings (SSSR count). The van der Waals surface area contributed by atoms with Crippen molar-refractivity contribution in [3.63, 3.8) is 0 Å². The highest BCUT2D eigenvalue weighted by atomic mass is 19.1. The van der Waals surface area contributed by atoms with Gasteiger partial charge in [-0.05, 0) is 24.6 Å². The van der Waals surface area contributed by atoms with Crippen LogP contribution in [0.4, 0.5) is 4.39 Å². The Morgan fingerprint density at radius 3 is 2.36 bits per heavy atom. The lowest BCUT2D eigenvalue weighted by atomic mass is 10.1. The molecule has 0 spiro atoms. The third kappa shape index (κ3) is 3.00. The van der Waals surface area contributed by atoms with Gasteiger partial charge in [0.1, 0.15) is 11.9 Å². The first-order chi connectivity index (χ1) is 6.63. The van der Waals surface area contributed by atoms with Crippen molar-refractivity contribution in [1.29, 1.82) is 0 Å². The van der Waals surface area contributed by atoms with Gasteiger partial charge < -0.3 is 9.84 Å². The quantitative estimate of drug-likeness (QED) is 0.801. The van der Waals surface area contributed by atoms with E-state index in [0.717, 1.165) is 11.3 Å². The van der Waals surface area contributed by atoms with Crippen molar-refractivity contribution in [2.24, 2.45) is 0 Å². The summed E-state index contributed by atoms with van der Waals surface area (Å²) in [6.07, 6.45) is -1.89. The van der Waals surface area contributed by atoms with E-state index in [1.165, 1.54) is 6.92 Å². The van der Waals surface area contributed by atoms with Gasteiger partial charge in [0.25, 0.3) is 0 Å². The van der Waals surface area contributed by atoms with Crippen LogP contribution in [-0.4, -0.2) is 24.5 Å². The molecule has 0 bridgehead atoms. The first-order valence-corrected chi connectivity index (χ1v) is 4.58. The zero-order valence-corrected chi connectivity index (χ0v) is 8.40. The number of hydrogen-bond donors (Lipinski definition) is 1. The number of methoxy groups -OCH3 is 1. The molecular formula is C11H15FO2. The van der Waals surface area contributed by atoms with Crippen LogP contribution in [0, 0.1) is 0 Å². The van der Waals surface area contributed by atoms with Crippen LogP contribution < -0.4 is 4.74 Å². The number of halogens is 1. The Kier molecular flexibility index (Phi) is 3.89. The molecule has 2 atom stereocenters. The summed E-state index contributed by atoms with van der Waals surface area (Å²) < 4.78 is 18.1. The minimum absolute atomic E-state index is 0.238. The monoisotopic (exact) mass is 198 g/mol. The van der Waals surface area contributed by atoms with Crippen molar-refractivity contribution in [1.82, 2.24) is 0 Å². The molecule has 0 aliphatic carbocycles. The van der Waals surface area contributed by atoms with Gasteiger partial charge in [-0.1, -0.05) is 12.1 Å². The van der Waals surface area contributed by atoms with E-state index >= 15 is 0 Å². The largest absolute Gasteiger partial charge is 0.497 e. The van der Waals surface area contributed by atoms with Crippen LogP contribution in [0.5, 0.6) is 5.75 Å². The highest BCUT2D eigenvalue weighted by Gasteiger charge is 2.13. The molecule has 0 aliphatic heterocycles. The lowest BCUT2D eigenvalue weighted by Crippen LogP contribution is -2.20. The van der Waals surface area contributed by atoms with E-state index in [-0.39, 0.29) is 6.42 Å². The predicted molar refractivity (Wildman–Crippen MR) is 53.3 cm³/mol. The van der Waals surface area contributed by atoms with Gasteiger partial charge >= 0.3 is 0 Å². The van der Waals surface area contributed by atoms with E-state index in [9.17, 15) is 4.39 Å². The Balaban J connectivity index is 2.59. The summed E-state index contributed by atoms with van der Waals surface area (Å²) in [5, 5.41) is 8.98. The lowest BCUT2D eigenvalue weighted by molar-refractivity contribution is 0.0932. The average molecular weight is 198 g/mol. The van der Waals surface area contributed by atoms with Gasteiger partial charge in [-0.3, -0.25) is 0 Å². The number of alkyl halides is 1. The molecule has 2 unspecified atom stereocenters. The molecule has 0 amide bonds. The smallest absolute Gasteiger partial charge is 0.130 e. The Morgan fingerprint density at radius 2 is 1.93 bits per heavy atom. The number of ether oxygens (including phenoxy) is 1. The minimum Gasteiger partial charge on any atom is -0.497 e. The molecule has 0 aliphatic rings. The normalized spacial score (nSPS) is 14.9.